The monoisotopic (exact) mass is 241 g/mol. The highest BCUT2D eigenvalue weighted by Crippen LogP contribution is 2.27. The van der Waals surface area contributed by atoms with Crippen LogP contribution in [0.3, 0.4) is 0 Å². The largest absolute Gasteiger partial charge is 0.481 e. The van der Waals surface area contributed by atoms with Gasteiger partial charge in [-0.25, -0.2) is 8.78 Å². The summed E-state index contributed by atoms with van der Waals surface area (Å²) in [6.07, 6.45) is -2.45. The number of rotatable bonds is 4. The van der Waals surface area contributed by atoms with E-state index in [2.05, 4.69) is 4.98 Å². The summed E-state index contributed by atoms with van der Waals surface area (Å²) in [6.45, 7) is -0.287. The first-order chi connectivity index (χ1) is 8.01. The Morgan fingerprint density at radius 1 is 1.65 bits per heavy atom. The van der Waals surface area contributed by atoms with Crippen LogP contribution < -0.4 is 5.73 Å². The maximum Gasteiger partial charge on any atom is 0.309 e. The van der Waals surface area contributed by atoms with E-state index < -0.39 is 24.4 Å². The van der Waals surface area contributed by atoms with Gasteiger partial charge in [-0.3, -0.25) is 9.78 Å². The molecule has 17 heavy (non-hydrogen) atoms. The van der Waals surface area contributed by atoms with Crippen molar-refractivity contribution in [1.29, 1.82) is 5.26 Å². The first-order valence-corrected chi connectivity index (χ1v) is 4.62. The fourth-order valence-electron chi connectivity index (χ4n) is 1.47. The van der Waals surface area contributed by atoms with E-state index >= 15 is 0 Å². The molecule has 0 aliphatic heterocycles. The van der Waals surface area contributed by atoms with Crippen molar-refractivity contribution in [2.24, 2.45) is 5.73 Å². The number of alkyl halides is 2. The number of carbonyl (C=O) groups is 1. The van der Waals surface area contributed by atoms with E-state index in [1.165, 1.54) is 0 Å². The predicted molar refractivity (Wildman–Crippen MR) is 53.1 cm³/mol. The van der Waals surface area contributed by atoms with Crippen LogP contribution in [0.2, 0.25) is 0 Å². The van der Waals surface area contributed by atoms with E-state index in [-0.39, 0.29) is 23.4 Å². The number of hydrogen-bond donors (Lipinski definition) is 2. The van der Waals surface area contributed by atoms with Gasteiger partial charge in [0.25, 0.3) is 6.43 Å². The van der Waals surface area contributed by atoms with Gasteiger partial charge in [0.15, 0.2) is 0 Å². The number of aliphatic carboxylic acids is 1. The standard InChI is InChI=1S/C10H9F2N3O2/c11-10(12)9-5(2-13)4-15-7(1-8(16)17)6(9)3-14/h4,10H,1,3,14H2,(H,16,17). The van der Waals surface area contributed by atoms with Crippen molar-refractivity contribution in [2.75, 3.05) is 0 Å². The smallest absolute Gasteiger partial charge is 0.309 e. The van der Waals surface area contributed by atoms with E-state index in [0.717, 1.165) is 6.20 Å². The quantitative estimate of drug-likeness (QED) is 0.818. The normalized spacial score (nSPS) is 10.3. The lowest BCUT2D eigenvalue weighted by Gasteiger charge is -2.12. The van der Waals surface area contributed by atoms with Crippen molar-refractivity contribution >= 4 is 5.97 Å². The van der Waals surface area contributed by atoms with E-state index in [1.807, 2.05) is 0 Å². The minimum Gasteiger partial charge on any atom is -0.481 e. The van der Waals surface area contributed by atoms with Crippen LogP contribution in [0.25, 0.3) is 0 Å². The van der Waals surface area contributed by atoms with Crippen LogP contribution in [-0.4, -0.2) is 16.1 Å². The lowest BCUT2D eigenvalue weighted by atomic mass is 10.0. The highest BCUT2D eigenvalue weighted by atomic mass is 19.3. The van der Waals surface area contributed by atoms with Gasteiger partial charge < -0.3 is 10.8 Å². The van der Waals surface area contributed by atoms with Crippen LogP contribution in [0.15, 0.2) is 6.20 Å². The first-order valence-electron chi connectivity index (χ1n) is 4.62. The van der Waals surface area contributed by atoms with E-state index in [4.69, 9.17) is 16.1 Å². The molecule has 90 valence electrons. The number of hydrogen-bond acceptors (Lipinski definition) is 4. The Morgan fingerprint density at radius 3 is 2.71 bits per heavy atom. The van der Waals surface area contributed by atoms with Gasteiger partial charge in [-0.1, -0.05) is 0 Å². The van der Waals surface area contributed by atoms with E-state index in [9.17, 15) is 13.6 Å². The third-order valence-corrected chi connectivity index (χ3v) is 2.17. The first kappa shape index (κ1) is 13.0. The molecule has 7 heteroatoms. The Balaban J connectivity index is 3.42. The van der Waals surface area contributed by atoms with Gasteiger partial charge >= 0.3 is 5.97 Å². The number of pyridine rings is 1. The van der Waals surface area contributed by atoms with Crippen LogP contribution in [0.5, 0.6) is 0 Å². The van der Waals surface area contributed by atoms with Gasteiger partial charge in [0.2, 0.25) is 0 Å². The summed E-state index contributed by atoms with van der Waals surface area (Å²) >= 11 is 0. The topological polar surface area (TPSA) is 100 Å². The fourth-order valence-corrected chi connectivity index (χ4v) is 1.47. The zero-order chi connectivity index (χ0) is 13.0. The molecule has 0 atom stereocenters. The average Bonchev–Trinajstić information content (AvgIpc) is 2.27. The number of carboxylic acids is 1. The molecule has 1 heterocycles. The van der Waals surface area contributed by atoms with Gasteiger partial charge in [0, 0.05) is 18.3 Å². The zero-order valence-corrected chi connectivity index (χ0v) is 8.65. The fraction of sp³-hybridized carbons (Fsp3) is 0.300. The second-order valence-corrected chi connectivity index (χ2v) is 3.20. The molecular weight excluding hydrogens is 232 g/mol. The van der Waals surface area contributed by atoms with E-state index in [1.54, 1.807) is 6.07 Å². The molecule has 1 aromatic rings. The molecule has 0 aliphatic rings. The Labute approximate surface area is 95.5 Å². The molecule has 5 nitrogen and oxygen atoms in total. The van der Waals surface area contributed by atoms with Crippen molar-refractivity contribution in [3.63, 3.8) is 0 Å². The molecule has 1 rings (SSSR count). The minimum absolute atomic E-state index is 0.0331. The summed E-state index contributed by atoms with van der Waals surface area (Å²) in [7, 11) is 0. The van der Waals surface area contributed by atoms with Crippen molar-refractivity contribution in [3.8, 4) is 6.07 Å². The second kappa shape index (κ2) is 5.32. The van der Waals surface area contributed by atoms with Crippen LogP contribution in [0.4, 0.5) is 8.78 Å². The van der Waals surface area contributed by atoms with Crippen molar-refractivity contribution in [3.05, 3.63) is 28.6 Å². The molecule has 0 fully saturated rings. The number of carboxylic acid groups (broad SMARTS) is 1. The third kappa shape index (κ3) is 2.73. The maximum atomic E-state index is 12.8. The van der Waals surface area contributed by atoms with Crippen molar-refractivity contribution in [1.82, 2.24) is 4.98 Å². The summed E-state index contributed by atoms with van der Waals surface area (Å²) in [4.78, 5) is 14.2. The van der Waals surface area contributed by atoms with Gasteiger partial charge in [-0.15, -0.1) is 0 Å². The van der Waals surface area contributed by atoms with E-state index in [0.29, 0.717) is 0 Å². The summed E-state index contributed by atoms with van der Waals surface area (Å²) in [5.74, 6) is -1.20. The lowest BCUT2D eigenvalue weighted by Crippen LogP contribution is -2.13. The Kier molecular flexibility index (Phi) is 4.06. The minimum atomic E-state index is -2.89. The highest BCUT2D eigenvalue weighted by Gasteiger charge is 2.22. The maximum absolute atomic E-state index is 12.8. The molecule has 0 spiro atoms. The summed E-state index contributed by atoms with van der Waals surface area (Å²) in [6, 6.07) is 1.59. The Morgan fingerprint density at radius 2 is 2.29 bits per heavy atom. The molecule has 0 bridgehead atoms. The van der Waals surface area contributed by atoms with Gasteiger partial charge in [-0.2, -0.15) is 5.26 Å². The number of nitrogens with zero attached hydrogens (tertiary/aromatic N) is 2. The predicted octanol–water partition coefficient (Wildman–Crippen LogP) is 0.977. The van der Waals surface area contributed by atoms with Gasteiger partial charge in [0.05, 0.1) is 17.7 Å². The number of halogens is 2. The Bertz CT molecular complexity index is 483. The van der Waals surface area contributed by atoms with Crippen LogP contribution >= 0.6 is 0 Å². The molecule has 0 unspecified atom stereocenters. The van der Waals surface area contributed by atoms with Crippen LogP contribution in [0, 0.1) is 11.3 Å². The van der Waals surface area contributed by atoms with Crippen LogP contribution in [-0.2, 0) is 17.8 Å². The van der Waals surface area contributed by atoms with Crippen molar-refractivity contribution in [2.45, 2.75) is 19.4 Å². The second-order valence-electron chi connectivity index (χ2n) is 3.20. The number of nitrogens with two attached hydrogens (primary N) is 1. The molecule has 0 saturated carbocycles. The molecular formula is C10H9F2N3O2. The lowest BCUT2D eigenvalue weighted by molar-refractivity contribution is -0.136. The zero-order valence-electron chi connectivity index (χ0n) is 8.65. The van der Waals surface area contributed by atoms with Gasteiger partial charge in [0.1, 0.15) is 6.07 Å². The van der Waals surface area contributed by atoms with Gasteiger partial charge in [-0.05, 0) is 5.56 Å². The summed E-state index contributed by atoms with van der Waals surface area (Å²) in [5.41, 5.74) is 4.40. The van der Waals surface area contributed by atoms with Crippen LogP contribution in [0.1, 0.15) is 28.8 Å². The Hall–Kier alpha value is -2.07. The molecule has 0 aromatic carbocycles. The molecule has 1 aromatic heterocycles. The number of aromatic nitrogens is 1. The molecule has 0 radical (unpaired) electrons. The SMILES string of the molecule is N#Cc1cnc(CC(=O)O)c(CN)c1C(F)F. The van der Waals surface area contributed by atoms with Crippen molar-refractivity contribution < 1.29 is 18.7 Å². The number of nitriles is 1. The highest BCUT2D eigenvalue weighted by molar-refractivity contribution is 5.70. The molecule has 0 aliphatic carbocycles. The third-order valence-electron chi connectivity index (χ3n) is 2.17. The molecule has 3 N–H and O–H groups in total. The molecule has 0 saturated heterocycles. The summed E-state index contributed by atoms with van der Waals surface area (Å²) in [5, 5.41) is 17.3. The average molecular weight is 241 g/mol. The summed E-state index contributed by atoms with van der Waals surface area (Å²) < 4.78 is 25.6. The molecule has 0 amide bonds.